The van der Waals surface area contributed by atoms with Crippen LogP contribution in [0, 0.1) is 0 Å². The normalized spacial score (nSPS) is 15.5. The highest BCUT2D eigenvalue weighted by Gasteiger charge is 2.30. The second-order valence-corrected chi connectivity index (χ2v) is 14.4. The summed E-state index contributed by atoms with van der Waals surface area (Å²) in [7, 11) is 3.24. The molecule has 1 amide bonds. The number of methoxy groups -OCH3 is 2. The van der Waals surface area contributed by atoms with Crippen molar-refractivity contribution in [1.29, 1.82) is 0 Å². The van der Waals surface area contributed by atoms with Crippen LogP contribution in [0.25, 0.3) is 54.8 Å². The maximum Gasteiger partial charge on any atom is 0.345 e. The highest BCUT2D eigenvalue weighted by Crippen LogP contribution is 2.45. The molecule has 1 N–H and O–H groups in total. The van der Waals surface area contributed by atoms with Crippen molar-refractivity contribution in [3.63, 3.8) is 0 Å². The minimum Gasteiger partial charge on any atom is -0.493 e. The third-order valence-corrected chi connectivity index (χ3v) is 11.5. The van der Waals surface area contributed by atoms with Crippen molar-refractivity contribution in [2.45, 2.75) is 38.3 Å². The summed E-state index contributed by atoms with van der Waals surface area (Å²) in [5.74, 6) is 0.376. The zero-order chi connectivity index (χ0) is 35.1. The molecule has 0 aliphatic carbocycles. The lowest BCUT2D eigenvalue weighted by atomic mass is 9.99. The minimum atomic E-state index is -0.972. The first-order valence-electron chi connectivity index (χ1n) is 17.5. The van der Waals surface area contributed by atoms with Crippen LogP contribution >= 0.6 is 11.3 Å². The van der Waals surface area contributed by atoms with Crippen LogP contribution < -0.4 is 9.47 Å². The molecule has 0 spiro atoms. The number of carbonyl (C=O) groups is 2. The summed E-state index contributed by atoms with van der Waals surface area (Å²) >= 11 is 1.26. The van der Waals surface area contributed by atoms with Crippen LogP contribution in [0.2, 0.25) is 0 Å². The fraction of sp³-hybridized carbons (Fsp3) is 0.293. The van der Waals surface area contributed by atoms with Crippen molar-refractivity contribution in [3.05, 3.63) is 89.8 Å². The van der Waals surface area contributed by atoms with Gasteiger partial charge in [-0.05, 0) is 92.4 Å². The number of carbonyl (C=O) groups excluding carboxylic acids is 1. The van der Waals surface area contributed by atoms with Crippen LogP contribution in [0.15, 0.2) is 84.9 Å². The summed E-state index contributed by atoms with van der Waals surface area (Å²) in [6, 6.07) is 28.3. The number of aromatic nitrogens is 2. The molecule has 6 aromatic rings. The SMILES string of the molecule is COc1ccc(-c2ccc3cc(-c4c(-c5ccccc5)c5sc(C(=O)O)cc5n4CC(=O)N4CCC(N5CCCC5)CC4)ccc3n2)cc1OC. The maximum absolute atomic E-state index is 14.1. The molecule has 0 bridgehead atoms. The molecule has 2 fully saturated rings. The molecule has 3 aromatic heterocycles. The predicted molar refractivity (Wildman–Crippen MR) is 202 cm³/mol. The van der Waals surface area contributed by atoms with Crippen LogP contribution in [0.5, 0.6) is 11.5 Å². The first-order valence-corrected chi connectivity index (χ1v) is 18.3. The van der Waals surface area contributed by atoms with E-state index in [2.05, 4.69) is 23.1 Å². The van der Waals surface area contributed by atoms with E-state index in [0.717, 1.165) is 93.8 Å². The summed E-state index contributed by atoms with van der Waals surface area (Å²) in [5.41, 5.74) is 7.04. The van der Waals surface area contributed by atoms with E-state index < -0.39 is 5.97 Å². The Morgan fingerprint density at radius 3 is 2.29 bits per heavy atom. The van der Waals surface area contributed by atoms with Crippen LogP contribution in [0.3, 0.4) is 0 Å². The van der Waals surface area contributed by atoms with Gasteiger partial charge in [0.15, 0.2) is 11.5 Å². The molecular formula is C41H40N4O5S. The van der Waals surface area contributed by atoms with Crippen LogP contribution in [0.1, 0.15) is 35.4 Å². The van der Waals surface area contributed by atoms with E-state index in [1.807, 2.05) is 70.1 Å². The molecular weight excluding hydrogens is 661 g/mol. The summed E-state index contributed by atoms with van der Waals surface area (Å²) in [6.45, 7) is 3.92. The van der Waals surface area contributed by atoms with Crippen molar-refractivity contribution < 1.29 is 24.2 Å². The zero-order valence-corrected chi connectivity index (χ0v) is 29.6. The number of piperidine rings is 1. The molecule has 0 saturated carbocycles. The average molecular weight is 701 g/mol. The predicted octanol–water partition coefficient (Wildman–Crippen LogP) is 8.05. The van der Waals surface area contributed by atoms with Gasteiger partial charge in [-0.1, -0.05) is 42.5 Å². The molecule has 51 heavy (non-hydrogen) atoms. The number of hydrogen-bond acceptors (Lipinski definition) is 7. The smallest absolute Gasteiger partial charge is 0.345 e. The van der Waals surface area contributed by atoms with Gasteiger partial charge in [0.2, 0.25) is 5.91 Å². The van der Waals surface area contributed by atoms with Gasteiger partial charge < -0.3 is 28.9 Å². The Morgan fingerprint density at radius 1 is 0.824 bits per heavy atom. The number of aromatic carboxylic acids is 1. The van der Waals surface area contributed by atoms with Crippen LogP contribution in [0.4, 0.5) is 0 Å². The van der Waals surface area contributed by atoms with E-state index in [4.69, 9.17) is 14.5 Å². The number of carboxylic acid groups (broad SMARTS) is 1. The zero-order valence-electron chi connectivity index (χ0n) is 28.8. The fourth-order valence-corrected chi connectivity index (χ4v) is 8.89. The number of rotatable bonds is 9. The standard InChI is InChI=1S/C41H40N4O5S/c1-49-34-15-12-28(23-35(34)50-2)32-13-10-27-22-29(11-14-31(27)42-32)39-38(26-8-4-3-5-9-26)40-33(24-36(51-40)41(47)48)45(39)25-37(46)44-20-16-30(17-21-44)43-18-6-7-19-43/h3-5,8-15,22-24,30H,6-7,16-21,25H2,1-2H3,(H,47,48). The third kappa shape index (κ3) is 6.23. The van der Waals surface area contributed by atoms with Crippen LogP contribution in [-0.4, -0.2) is 82.8 Å². The van der Waals surface area contributed by atoms with Gasteiger partial charge in [-0.2, -0.15) is 0 Å². The average Bonchev–Trinajstić information content (AvgIpc) is 3.93. The molecule has 3 aromatic carbocycles. The second kappa shape index (κ2) is 13.8. The summed E-state index contributed by atoms with van der Waals surface area (Å²) in [5, 5.41) is 11.0. The van der Waals surface area contributed by atoms with E-state index in [0.29, 0.717) is 17.5 Å². The highest BCUT2D eigenvalue weighted by molar-refractivity contribution is 7.21. The van der Waals surface area contributed by atoms with Gasteiger partial charge in [-0.25, -0.2) is 9.78 Å². The number of ether oxygens (including phenoxy) is 2. The lowest BCUT2D eigenvalue weighted by Gasteiger charge is -2.36. The second-order valence-electron chi connectivity index (χ2n) is 13.3. The first kappa shape index (κ1) is 33.0. The van der Waals surface area contributed by atoms with Gasteiger partial charge in [-0.15, -0.1) is 11.3 Å². The molecule has 0 unspecified atom stereocenters. The summed E-state index contributed by atoms with van der Waals surface area (Å²) in [6.07, 6.45) is 4.50. The van der Waals surface area contributed by atoms with Gasteiger partial charge in [0, 0.05) is 35.6 Å². The molecule has 8 rings (SSSR count). The number of likely N-dealkylation sites (tertiary alicyclic amines) is 2. The Labute approximate surface area is 300 Å². The quantitative estimate of drug-likeness (QED) is 0.163. The molecule has 5 heterocycles. The number of fused-ring (bicyclic) bond motifs is 2. The van der Waals surface area contributed by atoms with E-state index in [1.54, 1.807) is 20.3 Å². The minimum absolute atomic E-state index is 0.0534. The van der Waals surface area contributed by atoms with Crippen molar-refractivity contribution in [1.82, 2.24) is 19.4 Å². The lowest BCUT2D eigenvalue weighted by molar-refractivity contribution is -0.133. The van der Waals surface area contributed by atoms with Crippen molar-refractivity contribution >= 4 is 44.3 Å². The maximum atomic E-state index is 14.1. The Hall–Kier alpha value is -5.19. The van der Waals surface area contributed by atoms with E-state index in [9.17, 15) is 14.7 Å². The molecule has 0 atom stereocenters. The van der Waals surface area contributed by atoms with Gasteiger partial charge >= 0.3 is 5.97 Å². The summed E-state index contributed by atoms with van der Waals surface area (Å²) in [4.78, 5) is 36.2. The number of hydrogen-bond donors (Lipinski definition) is 1. The molecule has 260 valence electrons. The first-order chi connectivity index (χ1) is 24.9. The molecule has 2 saturated heterocycles. The van der Waals surface area contributed by atoms with E-state index >= 15 is 0 Å². The van der Waals surface area contributed by atoms with E-state index in [1.165, 1.54) is 24.2 Å². The van der Waals surface area contributed by atoms with Crippen molar-refractivity contribution in [2.24, 2.45) is 0 Å². The Bertz CT molecular complexity index is 2250. The Morgan fingerprint density at radius 2 is 1.57 bits per heavy atom. The van der Waals surface area contributed by atoms with Gasteiger partial charge in [0.25, 0.3) is 0 Å². The molecule has 2 aliphatic heterocycles. The largest absolute Gasteiger partial charge is 0.493 e. The van der Waals surface area contributed by atoms with Gasteiger partial charge in [0.05, 0.1) is 41.3 Å². The van der Waals surface area contributed by atoms with Crippen molar-refractivity contribution in [2.75, 3.05) is 40.4 Å². The van der Waals surface area contributed by atoms with Crippen LogP contribution in [-0.2, 0) is 11.3 Å². The number of pyridine rings is 1. The number of nitrogens with zero attached hydrogens (tertiary/aromatic N) is 4. The number of amides is 1. The molecule has 2 aliphatic rings. The number of carboxylic acids is 1. The Balaban J connectivity index is 1.20. The molecule has 9 nitrogen and oxygen atoms in total. The molecule has 0 radical (unpaired) electrons. The highest BCUT2D eigenvalue weighted by atomic mass is 32.1. The van der Waals surface area contributed by atoms with Gasteiger partial charge in [0.1, 0.15) is 11.4 Å². The van der Waals surface area contributed by atoms with Crippen molar-refractivity contribution in [3.8, 4) is 45.1 Å². The third-order valence-electron chi connectivity index (χ3n) is 10.4. The lowest BCUT2D eigenvalue weighted by Crippen LogP contribution is -2.46. The molecule has 10 heteroatoms. The summed E-state index contributed by atoms with van der Waals surface area (Å²) < 4.78 is 13.8. The topological polar surface area (TPSA) is 97.1 Å². The van der Waals surface area contributed by atoms with E-state index in [-0.39, 0.29) is 17.3 Å². The number of benzene rings is 3. The monoisotopic (exact) mass is 700 g/mol. The Kier molecular flexibility index (Phi) is 8.96. The van der Waals surface area contributed by atoms with Gasteiger partial charge in [-0.3, -0.25) is 4.79 Å². The fourth-order valence-electron chi connectivity index (χ4n) is 7.82. The number of thiophene rings is 1.